The highest BCUT2D eigenvalue weighted by molar-refractivity contribution is 9.10. The number of likely N-dealkylation sites (N-methyl/N-ethyl adjacent to an activating group) is 1. The third-order valence-electron chi connectivity index (χ3n) is 3.97. The highest BCUT2D eigenvalue weighted by Crippen LogP contribution is 2.29. The lowest BCUT2D eigenvalue weighted by Gasteiger charge is -2.24. The quantitative estimate of drug-likeness (QED) is 0.783. The summed E-state index contributed by atoms with van der Waals surface area (Å²) in [6.45, 7) is 0. The Labute approximate surface area is 134 Å². The first-order valence-electron chi connectivity index (χ1n) is 7.42. The lowest BCUT2D eigenvalue weighted by Crippen LogP contribution is -2.31. The van der Waals surface area contributed by atoms with Crippen molar-refractivity contribution in [1.82, 2.24) is 5.32 Å². The summed E-state index contributed by atoms with van der Waals surface area (Å²) in [6.07, 6.45) is 7.89. The van der Waals surface area contributed by atoms with Gasteiger partial charge < -0.3 is 5.32 Å². The van der Waals surface area contributed by atoms with E-state index < -0.39 is 0 Å². The van der Waals surface area contributed by atoms with Crippen LogP contribution in [0.1, 0.15) is 37.7 Å². The molecule has 0 bridgehead atoms. The van der Waals surface area contributed by atoms with Crippen molar-refractivity contribution in [1.29, 1.82) is 0 Å². The summed E-state index contributed by atoms with van der Waals surface area (Å²) in [5.74, 6) is 0.948. The van der Waals surface area contributed by atoms with E-state index in [4.69, 9.17) is 0 Å². The Morgan fingerprint density at radius 1 is 1.35 bits per heavy atom. The number of benzene rings is 1. The van der Waals surface area contributed by atoms with Crippen LogP contribution in [-0.4, -0.2) is 24.1 Å². The van der Waals surface area contributed by atoms with E-state index >= 15 is 0 Å². The SMILES string of the molecule is CNC(CSC1CCCCC1)Cc1ccc(F)cc1Br. The third kappa shape index (κ3) is 5.05. The van der Waals surface area contributed by atoms with Crippen molar-refractivity contribution in [3.05, 3.63) is 34.1 Å². The molecule has 0 aromatic heterocycles. The lowest BCUT2D eigenvalue weighted by molar-refractivity contribution is 0.514. The van der Waals surface area contributed by atoms with Crippen molar-refractivity contribution >= 4 is 27.7 Å². The van der Waals surface area contributed by atoms with Crippen LogP contribution in [0.5, 0.6) is 0 Å². The molecule has 1 atom stereocenters. The van der Waals surface area contributed by atoms with Crippen LogP contribution < -0.4 is 5.32 Å². The molecule has 1 aromatic rings. The summed E-state index contributed by atoms with van der Waals surface area (Å²) in [7, 11) is 2.02. The highest BCUT2D eigenvalue weighted by atomic mass is 79.9. The lowest BCUT2D eigenvalue weighted by atomic mass is 10.0. The van der Waals surface area contributed by atoms with Gasteiger partial charge in [-0.1, -0.05) is 41.3 Å². The smallest absolute Gasteiger partial charge is 0.124 e. The molecule has 1 aliphatic carbocycles. The van der Waals surface area contributed by atoms with E-state index in [2.05, 4.69) is 33.0 Å². The zero-order valence-electron chi connectivity index (χ0n) is 12.0. The molecule has 1 fully saturated rings. The molecule has 0 radical (unpaired) electrons. The van der Waals surface area contributed by atoms with E-state index in [1.807, 2.05) is 13.1 Å². The minimum atomic E-state index is -0.182. The molecule has 1 aliphatic rings. The molecule has 2 rings (SSSR count). The van der Waals surface area contributed by atoms with Crippen LogP contribution in [-0.2, 0) is 6.42 Å². The fraction of sp³-hybridized carbons (Fsp3) is 0.625. The van der Waals surface area contributed by atoms with Crippen molar-refractivity contribution in [2.45, 2.75) is 49.8 Å². The highest BCUT2D eigenvalue weighted by Gasteiger charge is 2.17. The van der Waals surface area contributed by atoms with Crippen molar-refractivity contribution in [2.24, 2.45) is 0 Å². The predicted molar refractivity (Wildman–Crippen MR) is 90.0 cm³/mol. The second kappa shape index (κ2) is 8.40. The van der Waals surface area contributed by atoms with Crippen LogP contribution in [0, 0.1) is 5.82 Å². The van der Waals surface area contributed by atoms with Crippen LogP contribution in [0.25, 0.3) is 0 Å². The van der Waals surface area contributed by atoms with Gasteiger partial charge in [0, 0.05) is 21.5 Å². The van der Waals surface area contributed by atoms with E-state index in [-0.39, 0.29) is 5.82 Å². The van der Waals surface area contributed by atoms with E-state index in [1.165, 1.54) is 37.7 Å². The number of halogens is 2. The minimum Gasteiger partial charge on any atom is -0.316 e. The molecule has 1 aromatic carbocycles. The monoisotopic (exact) mass is 359 g/mol. The van der Waals surface area contributed by atoms with Crippen LogP contribution in [0.4, 0.5) is 4.39 Å². The Hall–Kier alpha value is -0.0600. The molecule has 112 valence electrons. The van der Waals surface area contributed by atoms with Gasteiger partial charge in [0.15, 0.2) is 0 Å². The second-order valence-electron chi connectivity index (χ2n) is 5.52. The molecule has 20 heavy (non-hydrogen) atoms. The normalized spacial score (nSPS) is 18.1. The number of nitrogens with one attached hydrogen (secondary N) is 1. The Morgan fingerprint density at radius 3 is 2.75 bits per heavy atom. The molecule has 0 amide bonds. The van der Waals surface area contributed by atoms with Gasteiger partial charge in [0.05, 0.1) is 0 Å². The van der Waals surface area contributed by atoms with Crippen molar-refractivity contribution in [3.63, 3.8) is 0 Å². The summed E-state index contributed by atoms with van der Waals surface area (Å²) < 4.78 is 14.0. The van der Waals surface area contributed by atoms with Crippen molar-refractivity contribution in [2.75, 3.05) is 12.8 Å². The van der Waals surface area contributed by atoms with E-state index in [0.717, 1.165) is 21.9 Å². The van der Waals surface area contributed by atoms with E-state index in [9.17, 15) is 4.39 Å². The molecule has 1 nitrogen and oxygen atoms in total. The molecule has 4 heteroatoms. The van der Waals surface area contributed by atoms with Gasteiger partial charge in [0.1, 0.15) is 5.82 Å². The summed E-state index contributed by atoms with van der Waals surface area (Å²) in [4.78, 5) is 0. The summed E-state index contributed by atoms with van der Waals surface area (Å²) >= 11 is 5.56. The number of hydrogen-bond acceptors (Lipinski definition) is 2. The first-order valence-corrected chi connectivity index (χ1v) is 9.26. The number of rotatable bonds is 6. The van der Waals surface area contributed by atoms with Crippen LogP contribution >= 0.6 is 27.7 Å². The van der Waals surface area contributed by atoms with Gasteiger partial charge in [0.25, 0.3) is 0 Å². The summed E-state index contributed by atoms with van der Waals surface area (Å²) in [5, 5.41) is 4.24. The second-order valence-corrected chi connectivity index (χ2v) is 7.71. The average molecular weight is 360 g/mol. The maximum atomic E-state index is 13.1. The summed E-state index contributed by atoms with van der Waals surface area (Å²) in [6, 6.07) is 5.43. The molecular formula is C16H23BrFNS. The van der Waals surface area contributed by atoms with Gasteiger partial charge in [-0.15, -0.1) is 0 Å². The van der Waals surface area contributed by atoms with Crippen LogP contribution in [0.3, 0.4) is 0 Å². The molecule has 0 saturated heterocycles. The van der Waals surface area contributed by atoms with Gasteiger partial charge in [0.2, 0.25) is 0 Å². The van der Waals surface area contributed by atoms with Gasteiger partial charge in [-0.25, -0.2) is 4.39 Å². The molecular weight excluding hydrogens is 337 g/mol. The molecule has 1 unspecified atom stereocenters. The molecule has 1 saturated carbocycles. The Morgan fingerprint density at radius 2 is 2.10 bits per heavy atom. The van der Waals surface area contributed by atoms with Gasteiger partial charge in [-0.3, -0.25) is 0 Å². The van der Waals surface area contributed by atoms with E-state index in [1.54, 1.807) is 12.1 Å². The Kier molecular flexibility index (Phi) is 6.85. The number of hydrogen-bond donors (Lipinski definition) is 1. The topological polar surface area (TPSA) is 12.0 Å². The molecule has 0 aliphatic heterocycles. The Balaban J connectivity index is 1.84. The molecule has 0 spiro atoms. The largest absolute Gasteiger partial charge is 0.316 e. The first kappa shape index (κ1) is 16.3. The van der Waals surface area contributed by atoms with Gasteiger partial charge in [-0.2, -0.15) is 11.8 Å². The Bertz CT molecular complexity index is 421. The standard InChI is InChI=1S/C16H23BrFNS/c1-19-14(11-20-15-5-3-2-4-6-15)9-12-7-8-13(18)10-16(12)17/h7-8,10,14-15,19H,2-6,9,11H2,1H3. The third-order valence-corrected chi connectivity index (χ3v) is 6.25. The minimum absolute atomic E-state index is 0.182. The summed E-state index contributed by atoms with van der Waals surface area (Å²) in [5.41, 5.74) is 1.18. The predicted octanol–water partition coefficient (Wildman–Crippen LogP) is 4.78. The fourth-order valence-corrected chi connectivity index (χ4v) is 4.65. The van der Waals surface area contributed by atoms with E-state index in [0.29, 0.717) is 6.04 Å². The maximum absolute atomic E-state index is 13.1. The fourth-order valence-electron chi connectivity index (χ4n) is 2.68. The van der Waals surface area contributed by atoms with Crippen molar-refractivity contribution < 1.29 is 4.39 Å². The van der Waals surface area contributed by atoms with Crippen LogP contribution in [0.2, 0.25) is 0 Å². The first-order chi connectivity index (χ1) is 9.69. The van der Waals surface area contributed by atoms with Crippen molar-refractivity contribution in [3.8, 4) is 0 Å². The number of thioether (sulfide) groups is 1. The van der Waals surface area contributed by atoms with Crippen LogP contribution in [0.15, 0.2) is 22.7 Å². The molecule has 0 heterocycles. The zero-order chi connectivity index (χ0) is 14.4. The maximum Gasteiger partial charge on any atom is 0.124 e. The molecule has 1 N–H and O–H groups in total. The average Bonchev–Trinajstić information content (AvgIpc) is 2.46. The van der Waals surface area contributed by atoms with Gasteiger partial charge in [-0.05, 0) is 44.0 Å². The van der Waals surface area contributed by atoms with Gasteiger partial charge >= 0.3 is 0 Å². The zero-order valence-corrected chi connectivity index (χ0v) is 14.4.